The maximum absolute atomic E-state index is 10.5. The van der Waals surface area contributed by atoms with E-state index in [2.05, 4.69) is 23.5 Å². The van der Waals surface area contributed by atoms with Crippen molar-refractivity contribution in [3.8, 4) is 0 Å². The van der Waals surface area contributed by atoms with E-state index in [1.807, 2.05) is 6.07 Å². The minimum Gasteiger partial charge on any atom is -0.310 e. The number of aldehydes is 1. The molecule has 1 aromatic rings. The number of hydrogen-bond donors (Lipinski definition) is 1. The summed E-state index contributed by atoms with van der Waals surface area (Å²) in [5.41, 5.74) is 0. The van der Waals surface area contributed by atoms with Crippen molar-refractivity contribution in [1.29, 1.82) is 0 Å². The van der Waals surface area contributed by atoms with Crippen LogP contribution in [0.4, 0.5) is 0 Å². The summed E-state index contributed by atoms with van der Waals surface area (Å²) in [6, 6.07) is 4.48. The van der Waals surface area contributed by atoms with Gasteiger partial charge in [0.2, 0.25) is 0 Å². The minimum absolute atomic E-state index is 0.540. The molecule has 2 rings (SSSR count). The molecule has 0 aromatic carbocycles. The Morgan fingerprint density at radius 2 is 2.43 bits per heavy atom. The van der Waals surface area contributed by atoms with Crippen molar-refractivity contribution >= 4 is 17.6 Å². The topological polar surface area (TPSA) is 29.1 Å². The van der Waals surface area contributed by atoms with E-state index < -0.39 is 0 Å². The maximum atomic E-state index is 10.5. The van der Waals surface area contributed by atoms with Gasteiger partial charge in [-0.3, -0.25) is 4.79 Å². The zero-order chi connectivity index (χ0) is 9.80. The van der Waals surface area contributed by atoms with Crippen molar-refractivity contribution in [2.75, 3.05) is 6.54 Å². The van der Waals surface area contributed by atoms with Crippen LogP contribution in [0.3, 0.4) is 0 Å². The molecule has 0 bridgehead atoms. The normalized spacial score (nSPS) is 21.0. The summed E-state index contributed by atoms with van der Waals surface area (Å²) < 4.78 is 0. The summed E-state index contributed by atoms with van der Waals surface area (Å²) in [6.45, 7) is 0.969. The molecule has 0 amide bonds. The third kappa shape index (κ3) is 2.30. The summed E-state index contributed by atoms with van der Waals surface area (Å²) in [7, 11) is 0. The number of hydrogen-bond acceptors (Lipinski definition) is 3. The van der Waals surface area contributed by atoms with Gasteiger partial charge >= 0.3 is 0 Å². The van der Waals surface area contributed by atoms with Crippen molar-refractivity contribution < 1.29 is 4.79 Å². The number of carbonyl (C=O) groups is 1. The molecule has 0 aliphatic carbocycles. The Bertz CT molecular complexity index is 343. The molecule has 14 heavy (non-hydrogen) atoms. The molecule has 0 fully saturated rings. The van der Waals surface area contributed by atoms with Gasteiger partial charge in [-0.05, 0) is 25.0 Å². The first-order chi connectivity index (χ1) is 6.88. The van der Waals surface area contributed by atoms with Gasteiger partial charge in [-0.1, -0.05) is 12.2 Å². The lowest BCUT2D eigenvalue weighted by atomic mass is 10.1. The molecular formula is C11H13NOS. The molecule has 74 valence electrons. The molecule has 0 saturated carbocycles. The van der Waals surface area contributed by atoms with Crippen molar-refractivity contribution in [3.05, 3.63) is 34.0 Å². The lowest BCUT2D eigenvalue weighted by Gasteiger charge is -2.18. The quantitative estimate of drug-likeness (QED) is 0.607. The molecule has 1 aliphatic rings. The zero-order valence-electron chi connectivity index (χ0n) is 7.90. The largest absolute Gasteiger partial charge is 0.310 e. The molecule has 1 aliphatic heterocycles. The van der Waals surface area contributed by atoms with Crippen LogP contribution in [0, 0.1) is 0 Å². The Hall–Kier alpha value is -0.930. The van der Waals surface area contributed by atoms with Crippen LogP contribution >= 0.6 is 11.3 Å². The van der Waals surface area contributed by atoms with Crippen molar-refractivity contribution in [1.82, 2.24) is 5.32 Å². The SMILES string of the molecule is O=Cc1ccc(CC2CC=CCN2)s1. The predicted octanol–water partition coefficient (Wildman–Crippen LogP) is 2.02. The summed E-state index contributed by atoms with van der Waals surface area (Å²) >= 11 is 1.59. The predicted molar refractivity (Wildman–Crippen MR) is 59.0 cm³/mol. The second kappa shape index (κ2) is 4.53. The van der Waals surface area contributed by atoms with E-state index in [0.29, 0.717) is 6.04 Å². The molecule has 0 spiro atoms. The van der Waals surface area contributed by atoms with Crippen LogP contribution in [0.25, 0.3) is 0 Å². The summed E-state index contributed by atoms with van der Waals surface area (Å²) in [4.78, 5) is 12.6. The van der Waals surface area contributed by atoms with E-state index in [0.717, 1.165) is 30.5 Å². The van der Waals surface area contributed by atoms with Crippen LogP contribution in [0.15, 0.2) is 24.3 Å². The average molecular weight is 207 g/mol. The molecule has 1 N–H and O–H groups in total. The molecular weight excluding hydrogens is 194 g/mol. The summed E-state index contributed by atoms with van der Waals surface area (Å²) in [6.07, 6.45) is 7.41. The van der Waals surface area contributed by atoms with Gasteiger partial charge in [0.1, 0.15) is 0 Å². The molecule has 1 unspecified atom stereocenters. The van der Waals surface area contributed by atoms with Gasteiger partial charge in [0.05, 0.1) is 4.88 Å². The highest BCUT2D eigenvalue weighted by atomic mass is 32.1. The van der Waals surface area contributed by atoms with Crippen LogP contribution in [0.5, 0.6) is 0 Å². The number of thiophene rings is 1. The third-order valence-corrected chi connectivity index (χ3v) is 3.39. The molecule has 3 heteroatoms. The Kier molecular flexibility index (Phi) is 3.11. The molecule has 1 atom stereocenters. The Labute approximate surface area is 87.6 Å². The maximum Gasteiger partial charge on any atom is 0.160 e. The van der Waals surface area contributed by atoms with Gasteiger partial charge in [0.15, 0.2) is 6.29 Å². The Morgan fingerprint density at radius 3 is 3.07 bits per heavy atom. The fourth-order valence-corrected chi connectivity index (χ4v) is 2.54. The summed E-state index contributed by atoms with van der Waals surface area (Å²) in [5.74, 6) is 0. The van der Waals surface area contributed by atoms with E-state index >= 15 is 0 Å². The standard InChI is InChI=1S/C11H13NOS/c13-8-11-5-4-10(14-11)7-9-3-1-2-6-12-9/h1-2,4-5,8-9,12H,3,6-7H2. The first-order valence-corrected chi connectivity index (χ1v) is 5.62. The van der Waals surface area contributed by atoms with Crippen LogP contribution in [-0.2, 0) is 6.42 Å². The van der Waals surface area contributed by atoms with Crippen molar-refractivity contribution in [3.63, 3.8) is 0 Å². The van der Waals surface area contributed by atoms with Gasteiger partial charge in [0, 0.05) is 17.5 Å². The first-order valence-electron chi connectivity index (χ1n) is 4.81. The lowest BCUT2D eigenvalue weighted by molar-refractivity contribution is 0.112. The van der Waals surface area contributed by atoms with Crippen molar-refractivity contribution in [2.45, 2.75) is 18.9 Å². The Balaban J connectivity index is 1.96. The lowest BCUT2D eigenvalue weighted by Crippen LogP contribution is -2.32. The van der Waals surface area contributed by atoms with Crippen LogP contribution in [-0.4, -0.2) is 18.9 Å². The molecule has 1 aromatic heterocycles. The van der Waals surface area contributed by atoms with Gasteiger partial charge in [-0.15, -0.1) is 11.3 Å². The highest BCUT2D eigenvalue weighted by Gasteiger charge is 2.10. The van der Waals surface area contributed by atoms with Crippen molar-refractivity contribution in [2.24, 2.45) is 0 Å². The highest BCUT2D eigenvalue weighted by molar-refractivity contribution is 7.13. The first kappa shape index (κ1) is 9.62. The molecule has 0 saturated heterocycles. The smallest absolute Gasteiger partial charge is 0.160 e. The van der Waals surface area contributed by atoms with Gasteiger partial charge < -0.3 is 5.32 Å². The average Bonchev–Trinajstić information content (AvgIpc) is 2.67. The van der Waals surface area contributed by atoms with Gasteiger partial charge in [0.25, 0.3) is 0 Å². The fourth-order valence-electron chi connectivity index (χ4n) is 1.63. The van der Waals surface area contributed by atoms with Crippen LogP contribution in [0.2, 0.25) is 0 Å². The van der Waals surface area contributed by atoms with E-state index in [1.54, 1.807) is 11.3 Å². The molecule has 0 radical (unpaired) electrons. The number of carbonyl (C=O) groups excluding carboxylic acids is 1. The van der Waals surface area contributed by atoms with E-state index in [9.17, 15) is 4.79 Å². The van der Waals surface area contributed by atoms with Crippen LogP contribution < -0.4 is 5.32 Å². The Morgan fingerprint density at radius 1 is 1.50 bits per heavy atom. The third-order valence-electron chi connectivity index (χ3n) is 2.36. The van der Waals surface area contributed by atoms with Gasteiger partial charge in [-0.25, -0.2) is 0 Å². The van der Waals surface area contributed by atoms with E-state index in [4.69, 9.17) is 0 Å². The zero-order valence-corrected chi connectivity index (χ0v) is 8.72. The van der Waals surface area contributed by atoms with Crippen LogP contribution in [0.1, 0.15) is 21.0 Å². The molecule has 2 heterocycles. The summed E-state index contributed by atoms with van der Waals surface area (Å²) in [5, 5.41) is 3.43. The van der Waals surface area contributed by atoms with E-state index in [-0.39, 0.29) is 0 Å². The second-order valence-corrected chi connectivity index (χ2v) is 4.64. The fraction of sp³-hybridized carbons (Fsp3) is 0.364. The molecule has 2 nitrogen and oxygen atoms in total. The minimum atomic E-state index is 0.540. The number of nitrogens with one attached hydrogen (secondary N) is 1. The monoisotopic (exact) mass is 207 g/mol. The highest BCUT2D eigenvalue weighted by Crippen LogP contribution is 2.18. The second-order valence-electron chi connectivity index (χ2n) is 3.44. The van der Waals surface area contributed by atoms with E-state index in [1.165, 1.54) is 4.88 Å². The number of rotatable bonds is 3. The van der Waals surface area contributed by atoms with Gasteiger partial charge in [-0.2, -0.15) is 0 Å².